The monoisotopic (exact) mass is 184 g/mol. The fourth-order valence-corrected chi connectivity index (χ4v) is 1.36. The van der Waals surface area contributed by atoms with Gasteiger partial charge in [0, 0.05) is 19.0 Å². The molecule has 1 unspecified atom stereocenters. The summed E-state index contributed by atoms with van der Waals surface area (Å²) in [6.45, 7) is 2.94. The Bertz CT molecular complexity index is 166. The molecule has 1 atom stereocenters. The Labute approximate surface area is 80.1 Å². The first-order chi connectivity index (χ1) is 6.22. The second-order valence-electron chi connectivity index (χ2n) is 4.00. The van der Waals surface area contributed by atoms with Gasteiger partial charge in [-0.25, -0.2) is 0 Å². The lowest BCUT2D eigenvalue weighted by Gasteiger charge is -2.09. The molecule has 3 nitrogen and oxygen atoms in total. The predicted molar refractivity (Wildman–Crippen MR) is 53.2 cm³/mol. The van der Waals surface area contributed by atoms with Crippen LogP contribution in [0.4, 0.5) is 0 Å². The lowest BCUT2D eigenvalue weighted by atomic mass is 10.1. The van der Waals surface area contributed by atoms with E-state index >= 15 is 0 Å². The maximum absolute atomic E-state index is 11.3. The summed E-state index contributed by atoms with van der Waals surface area (Å²) in [4.78, 5) is 11.3. The van der Waals surface area contributed by atoms with E-state index in [1.165, 1.54) is 12.8 Å². The van der Waals surface area contributed by atoms with Crippen LogP contribution in [0.25, 0.3) is 0 Å². The molecule has 1 fully saturated rings. The Hall–Kier alpha value is -0.570. The Morgan fingerprint density at radius 2 is 2.31 bits per heavy atom. The molecule has 0 aromatic heterocycles. The lowest BCUT2D eigenvalue weighted by molar-refractivity contribution is -0.121. The van der Waals surface area contributed by atoms with Crippen molar-refractivity contribution in [3.05, 3.63) is 0 Å². The van der Waals surface area contributed by atoms with Crippen LogP contribution < -0.4 is 11.1 Å². The minimum atomic E-state index is 0.0456. The SMILES string of the molecule is CCCC(N)CC(=O)NCC1CC1. The summed E-state index contributed by atoms with van der Waals surface area (Å²) >= 11 is 0. The van der Waals surface area contributed by atoms with Crippen LogP contribution >= 0.6 is 0 Å². The van der Waals surface area contributed by atoms with Gasteiger partial charge in [-0.3, -0.25) is 4.79 Å². The van der Waals surface area contributed by atoms with E-state index in [4.69, 9.17) is 5.73 Å². The molecule has 3 N–H and O–H groups in total. The van der Waals surface area contributed by atoms with Crippen molar-refractivity contribution in [2.24, 2.45) is 11.7 Å². The van der Waals surface area contributed by atoms with Crippen LogP contribution in [-0.4, -0.2) is 18.5 Å². The fourth-order valence-electron chi connectivity index (χ4n) is 1.36. The number of hydrogen-bond donors (Lipinski definition) is 2. The summed E-state index contributed by atoms with van der Waals surface area (Å²) in [6.07, 6.45) is 5.04. The first-order valence-electron chi connectivity index (χ1n) is 5.24. The van der Waals surface area contributed by atoms with Crippen LogP contribution in [0, 0.1) is 5.92 Å². The Balaban J connectivity index is 2.01. The van der Waals surface area contributed by atoms with Gasteiger partial charge in [0.05, 0.1) is 0 Å². The summed E-state index contributed by atoms with van der Waals surface area (Å²) in [5.74, 6) is 0.874. The van der Waals surface area contributed by atoms with Crippen molar-refractivity contribution >= 4 is 5.91 Å². The average Bonchev–Trinajstić information content (AvgIpc) is 2.84. The average molecular weight is 184 g/mol. The van der Waals surface area contributed by atoms with Gasteiger partial charge in [-0.2, -0.15) is 0 Å². The molecular formula is C10H20N2O. The molecule has 76 valence electrons. The number of nitrogens with one attached hydrogen (secondary N) is 1. The summed E-state index contributed by atoms with van der Waals surface area (Å²) in [5, 5.41) is 2.91. The molecule has 0 bridgehead atoms. The number of carbonyl (C=O) groups excluding carboxylic acids is 1. The summed E-state index contributed by atoms with van der Waals surface area (Å²) in [7, 11) is 0. The maximum Gasteiger partial charge on any atom is 0.221 e. The number of amides is 1. The third-order valence-corrected chi connectivity index (χ3v) is 2.39. The number of nitrogens with two attached hydrogens (primary N) is 1. The molecule has 0 spiro atoms. The molecule has 0 aliphatic heterocycles. The molecule has 0 heterocycles. The van der Waals surface area contributed by atoms with E-state index in [-0.39, 0.29) is 11.9 Å². The van der Waals surface area contributed by atoms with E-state index in [0.717, 1.165) is 25.3 Å². The third kappa shape index (κ3) is 4.88. The number of rotatable bonds is 6. The standard InChI is InChI=1S/C10H20N2O/c1-2-3-9(11)6-10(13)12-7-8-4-5-8/h8-9H,2-7,11H2,1H3,(H,12,13). The minimum Gasteiger partial charge on any atom is -0.356 e. The summed E-state index contributed by atoms with van der Waals surface area (Å²) in [6, 6.07) is 0.0456. The molecule has 1 rings (SSSR count). The van der Waals surface area contributed by atoms with Crippen molar-refractivity contribution in [1.82, 2.24) is 5.32 Å². The quantitative estimate of drug-likeness (QED) is 0.648. The van der Waals surface area contributed by atoms with E-state index in [0.29, 0.717) is 6.42 Å². The van der Waals surface area contributed by atoms with E-state index < -0.39 is 0 Å². The molecular weight excluding hydrogens is 164 g/mol. The Morgan fingerprint density at radius 1 is 1.62 bits per heavy atom. The normalized spacial score (nSPS) is 18.3. The van der Waals surface area contributed by atoms with Gasteiger partial charge in [-0.1, -0.05) is 13.3 Å². The second-order valence-corrected chi connectivity index (χ2v) is 4.00. The van der Waals surface area contributed by atoms with Gasteiger partial charge in [-0.15, -0.1) is 0 Å². The largest absolute Gasteiger partial charge is 0.356 e. The van der Waals surface area contributed by atoms with E-state index in [2.05, 4.69) is 12.2 Å². The molecule has 0 saturated heterocycles. The fraction of sp³-hybridized carbons (Fsp3) is 0.900. The Morgan fingerprint density at radius 3 is 2.85 bits per heavy atom. The van der Waals surface area contributed by atoms with Crippen LogP contribution in [0.2, 0.25) is 0 Å². The molecule has 1 aliphatic rings. The zero-order valence-electron chi connectivity index (χ0n) is 8.38. The van der Waals surface area contributed by atoms with E-state index in [9.17, 15) is 4.79 Å². The second kappa shape index (κ2) is 5.22. The first-order valence-corrected chi connectivity index (χ1v) is 5.24. The summed E-state index contributed by atoms with van der Waals surface area (Å²) in [5.41, 5.74) is 5.75. The van der Waals surface area contributed by atoms with Crippen molar-refractivity contribution in [1.29, 1.82) is 0 Å². The molecule has 0 aromatic carbocycles. The lowest BCUT2D eigenvalue weighted by Crippen LogP contribution is -2.32. The van der Waals surface area contributed by atoms with Crippen LogP contribution in [0.15, 0.2) is 0 Å². The van der Waals surface area contributed by atoms with E-state index in [1.807, 2.05) is 0 Å². The molecule has 13 heavy (non-hydrogen) atoms. The van der Waals surface area contributed by atoms with Crippen molar-refractivity contribution in [3.63, 3.8) is 0 Å². The van der Waals surface area contributed by atoms with Gasteiger partial charge in [0.15, 0.2) is 0 Å². The molecule has 0 aromatic rings. The van der Waals surface area contributed by atoms with Crippen molar-refractivity contribution in [3.8, 4) is 0 Å². The van der Waals surface area contributed by atoms with Gasteiger partial charge in [-0.05, 0) is 25.2 Å². The van der Waals surface area contributed by atoms with Crippen LogP contribution in [0.5, 0.6) is 0 Å². The molecule has 1 aliphatic carbocycles. The molecule has 0 radical (unpaired) electrons. The predicted octanol–water partition coefficient (Wildman–Crippen LogP) is 1.03. The van der Waals surface area contributed by atoms with Crippen molar-refractivity contribution in [2.75, 3.05) is 6.54 Å². The molecule has 3 heteroatoms. The number of carbonyl (C=O) groups is 1. The highest BCUT2D eigenvalue weighted by Crippen LogP contribution is 2.27. The van der Waals surface area contributed by atoms with Gasteiger partial charge in [0.2, 0.25) is 5.91 Å². The van der Waals surface area contributed by atoms with Crippen LogP contribution in [0.3, 0.4) is 0 Å². The van der Waals surface area contributed by atoms with Gasteiger partial charge >= 0.3 is 0 Å². The first kappa shape index (κ1) is 10.5. The summed E-state index contributed by atoms with van der Waals surface area (Å²) < 4.78 is 0. The zero-order valence-corrected chi connectivity index (χ0v) is 8.38. The van der Waals surface area contributed by atoms with Crippen molar-refractivity contribution < 1.29 is 4.79 Å². The highest BCUT2D eigenvalue weighted by Gasteiger charge is 2.21. The van der Waals surface area contributed by atoms with Gasteiger partial charge < -0.3 is 11.1 Å². The van der Waals surface area contributed by atoms with Gasteiger partial charge in [0.1, 0.15) is 0 Å². The molecule has 1 saturated carbocycles. The van der Waals surface area contributed by atoms with E-state index in [1.54, 1.807) is 0 Å². The van der Waals surface area contributed by atoms with Crippen molar-refractivity contribution in [2.45, 2.75) is 45.1 Å². The third-order valence-electron chi connectivity index (χ3n) is 2.39. The topological polar surface area (TPSA) is 55.1 Å². The van der Waals surface area contributed by atoms with Crippen LogP contribution in [-0.2, 0) is 4.79 Å². The van der Waals surface area contributed by atoms with Gasteiger partial charge in [0.25, 0.3) is 0 Å². The zero-order chi connectivity index (χ0) is 9.68. The molecule has 1 amide bonds. The highest BCUT2D eigenvalue weighted by atomic mass is 16.1. The maximum atomic E-state index is 11.3. The number of hydrogen-bond acceptors (Lipinski definition) is 2. The minimum absolute atomic E-state index is 0.0456. The van der Waals surface area contributed by atoms with Crippen LogP contribution in [0.1, 0.15) is 39.0 Å². The smallest absolute Gasteiger partial charge is 0.221 e. The highest BCUT2D eigenvalue weighted by molar-refractivity contribution is 5.76. The Kier molecular flexibility index (Phi) is 4.22.